The summed E-state index contributed by atoms with van der Waals surface area (Å²) >= 11 is 5.35. The summed E-state index contributed by atoms with van der Waals surface area (Å²) in [5, 5.41) is 4.85. The van der Waals surface area contributed by atoms with Gasteiger partial charge in [0.15, 0.2) is 0 Å². The van der Waals surface area contributed by atoms with Crippen LogP contribution in [0.2, 0.25) is 0 Å². The third kappa shape index (κ3) is 4.31. The summed E-state index contributed by atoms with van der Waals surface area (Å²) in [6, 6.07) is 13.2. The number of hydrogen-bond donors (Lipinski definition) is 1. The number of benzene rings is 1. The first-order chi connectivity index (χ1) is 10.2. The second-order valence-electron chi connectivity index (χ2n) is 4.97. The van der Waals surface area contributed by atoms with Crippen LogP contribution in [-0.2, 0) is 6.42 Å². The van der Waals surface area contributed by atoms with Crippen LogP contribution in [0.4, 0.5) is 0 Å². The summed E-state index contributed by atoms with van der Waals surface area (Å²) in [5.74, 6) is 0. The van der Waals surface area contributed by atoms with Crippen LogP contribution in [0.1, 0.15) is 31.0 Å². The Labute approximate surface area is 139 Å². The van der Waals surface area contributed by atoms with E-state index in [1.807, 2.05) is 25.4 Å². The van der Waals surface area contributed by atoms with Crippen LogP contribution in [0, 0.1) is 0 Å². The molecule has 0 aliphatic rings. The normalized spacial score (nSPS) is 13.9. The standard InChI is InChI=1S/C17H21BrN2S/c1-4-13-7-9-14(10-8-13)16(19-3)12(2)21-17-15(18)6-5-11-20-17/h5-12,16,19H,4H2,1-3H3. The first-order valence-electron chi connectivity index (χ1n) is 7.19. The molecule has 0 amide bonds. The van der Waals surface area contributed by atoms with Crippen molar-refractivity contribution in [1.82, 2.24) is 10.3 Å². The van der Waals surface area contributed by atoms with Crippen LogP contribution in [0.25, 0.3) is 0 Å². The summed E-state index contributed by atoms with van der Waals surface area (Å²) in [7, 11) is 2.02. The third-order valence-corrected chi connectivity index (χ3v) is 5.64. The Balaban J connectivity index is 2.14. The number of thioether (sulfide) groups is 1. The molecule has 2 aromatic rings. The number of aryl methyl sites for hydroxylation is 1. The number of pyridine rings is 1. The van der Waals surface area contributed by atoms with Gasteiger partial charge in [-0.3, -0.25) is 0 Å². The molecule has 0 bridgehead atoms. The molecule has 0 saturated heterocycles. The van der Waals surface area contributed by atoms with Gasteiger partial charge in [0.1, 0.15) is 5.03 Å². The lowest BCUT2D eigenvalue weighted by Gasteiger charge is -2.24. The van der Waals surface area contributed by atoms with Crippen molar-refractivity contribution in [2.24, 2.45) is 0 Å². The zero-order valence-electron chi connectivity index (χ0n) is 12.6. The molecule has 2 atom stereocenters. The Morgan fingerprint density at radius 3 is 2.52 bits per heavy atom. The molecule has 0 saturated carbocycles. The molecule has 1 aromatic carbocycles. The van der Waals surface area contributed by atoms with Gasteiger partial charge >= 0.3 is 0 Å². The van der Waals surface area contributed by atoms with Gasteiger partial charge in [0.2, 0.25) is 0 Å². The number of hydrogen-bond acceptors (Lipinski definition) is 3. The molecule has 112 valence electrons. The number of rotatable bonds is 6. The topological polar surface area (TPSA) is 24.9 Å². The summed E-state index contributed by atoms with van der Waals surface area (Å²) in [5.41, 5.74) is 2.70. The van der Waals surface area contributed by atoms with Crippen LogP contribution in [0.15, 0.2) is 52.1 Å². The number of aromatic nitrogens is 1. The number of nitrogens with one attached hydrogen (secondary N) is 1. The largest absolute Gasteiger partial charge is 0.312 e. The van der Waals surface area contributed by atoms with Crippen molar-refractivity contribution in [3.05, 3.63) is 58.2 Å². The van der Waals surface area contributed by atoms with E-state index in [2.05, 4.69) is 64.3 Å². The summed E-state index contributed by atoms with van der Waals surface area (Å²) in [6.45, 7) is 4.42. The second kappa shape index (κ2) is 7.97. The number of nitrogens with zero attached hydrogens (tertiary/aromatic N) is 1. The minimum atomic E-state index is 0.301. The molecule has 21 heavy (non-hydrogen) atoms. The zero-order valence-corrected chi connectivity index (χ0v) is 15.0. The zero-order chi connectivity index (χ0) is 15.2. The van der Waals surface area contributed by atoms with Crippen molar-refractivity contribution >= 4 is 27.7 Å². The highest BCUT2D eigenvalue weighted by atomic mass is 79.9. The van der Waals surface area contributed by atoms with Crippen molar-refractivity contribution in [2.45, 2.75) is 36.6 Å². The molecule has 1 heterocycles. The van der Waals surface area contributed by atoms with Crippen molar-refractivity contribution in [2.75, 3.05) is 7.05 Å². The maximum atomic E-state index is 4.44. The van der Waals surface area contributed by atoms with E-state index in [0.717, 1.165) is 15.9 Å². The maximum absolute atomic E-state index is 4.44. The highest BCUT2D eigenvalue weighted by Crippen LogP contribution is 2.34. The van der Waals surface area contributed by atoms with Crippen molar-refractivity contribution < 1.29 is 0 Å². The first kappa shape index (κ1) is 16.5. The van der Waals surface area contributed by atoms with E-state index in [4.69, 9.17) is 0 Å². The molecular formula is C17H21BrN2S. The lowest BCUT2D eigenvalue weighted by molar-refractivity contribution is 0.588. The Kier molecular flexibility index (Phi) is 6.27. The maximum Gasteiger partial charge on any atom is 0.110 e. The summed E-state index contributed by atoms with van der Waals surface area (Å²) in [6.07, 6.45) is 2.92. The van der Waals surface area contributed by atoms with E-state index < -0.39 is 0 Å². The Morgan fingerprint density at radius 2 is 1.95 bits per heavy atom. The van der Waals surface area contributed by atoms with E-state index >= 15 is 0 Å². The van der Waals surface area contributed by atoms with Gasteiger partial charge in [-0.15, -0.1) is 11.8 Å². The summed E-state index contributed by atoms with van der Waals surface area (Å²) < 4.78 is 1.05. The van der Waals surface area contributed by atoms with Gasteiger partial charge in [0.25, 0.3) is 0 Å². The highest BCUT2D eigenvalue weighted by Gasteiger charge is 2.20. The molecule has 4 heteroatoms. The molecule has 1 aromatic heterocycles. The van der Waals surface area contributed by atoms with E-state index in [1.54, 1.807) is 11.8 Å². The Morgan fingerprint density at radius 1 is 1.24 bits per heavy atom. The monoisotopic (exact) mass is 364 g/mol. The summed E-state index contributed by atoms with van der Waals surface area (Å²) in [4.78, 5) is 4.44. The van der Waals surface area contributed by atoms with Gasteiger partial charge in [0, 0.05) is 22.0 Å². The lowest BCUT2D eigenvalue weighted by Crippen LogP contribution is -2.25. The van der Waals surface area contributed by atoms with E-state index in [-0.39, 0.29) is 0 Å². The lowest BCUT2D eigenvalue weighted by atomic mass is 10.0. The molecule has 0 radical (unpaired) electrons. The minimum absolute atomic E-state index is 0.301. The number of halogens is 1. The minimum Gasteiger partial charge on any atom is -0.312 e. The van der Waals surface area contributed by atoms with Gasteiger partial charge < -0.3 is 5.32 Å². The van der Waals surface area contributed by atoms with E-state index in [1.165, 1.54) is 11.1 Å². The van der Waals surface area contributed by atoms with Crippen LogP contribution >= 0.6 is 27.7 Å². The second-order valence-corrected chi connectivity index (χ2v) is 7.20. The molecule has 2 rings (SSSR count). The molecule has 1 N–H and O–H groups in total. The molecule has 0 spiro atoms. The molecule has 2 unspecified atom stereocenters. The van der Waals surface area contributed by atoms with Crippen molar-refractivity contribution in [3.63, 3.8) is 0 Å². The fraction of sp³-hybridized carbons (Fsp3) is 0.353. The van der Waals surface area contributed by atoms with E-state index in [9.17, 15) is 0 Å². The third-order valence-electron chi connectivity index (χ3n) is 3.55. The SMILES string of the molecule is CCc1ccc(C(NC)C(C)Sc2ncccc2Br)cc1. The molecule has 0 aliphatic carbocycles. The van der Waals surface area contributed by atoms with Gasteiger partial charge in [0.05, 0.1) is 0 Å². The smallest absolute Gasteiger partial charge is 0.110 e. The van der Waals surface area contributed by atoms with Crippen molar-refractivity contribution in [3.8, 4) is 0 Å². The van der Waals surface area contributed by atoms with Gasteiger partial charge in [-0.1, -0.05) is 38.1 Å². The molecule has 0 fully saturated rings. The molecule has 0 aliphatic heterocycles. The Hall–Kier alpha value is -0.840. The van der Waals surface area contributed by atoms with Crippen LogP contribution in [0.5, 0.6) is 0 Å². The van der Waals surface area contributed by atoms with Gasteiger partial charge in [-0.2, -0.15) is 0 Å². The van der Waals surface area contributed by atoms with Crippen LogP contribution in [0.3, 0.4) is 0 Å². The molecule has 2 nitrogen and oxygen atoms in total. The fourth-order valence-corrected chi connectivity index (χ4v) is 3.95. The van der Waals surface area contributed by atoms with Crippen molar-refractivity contribution in [1.29, 1.82) is 0 Å². The quantitative estimate of drug-likeness (QED) is 0.741. The average molecular weight is 365 g/mol. The van der Waals surface area contributed by atoms with Crippen LogP contribution < -0.4 is 5.32 Å². The Bertz CT molecular complexity index is 571. The predicted octanol–water partition coefficient (Wildman–Crippen LogP) is 4.85. The van der Waals surface area contributed by atoms with Crippen LogP contribution in [-0.4, -0.2) is 17.3 Å². The van der Waals surface area contributed by atoms with E-state index in [0.29, 0.717) is 11.3 Å². The highest BCUT2D eigenvalue weighted by molar-refractivity contribution is 9.10. The first-order valence-corrected chi connectivity index (χ1v) is 8.86. The predicted molar refractivity (Wildman–Crippen MR) is 94.9 cm³/mol. The average Bonchev–Trinajstić information content (AvgIpc) is 2.51. The molecular weight excluding hydrogens is 344 g/mol. The van der Waals surface area contributed by atoms with Gasteiger partial charge in [-0.05, 0) is 52.7 Å². The fourth-order valence-electron chi connectivity index (χ4n) is 2.34. The van der Waals surface area contributed by atoms with Gasteiger partial charge in [-0.25, -0.2) is 4.98 Å².